The van der Waals surface area contributed by atoms with E-state index in [9.17, 15) is 24.5 Å². The van der Waals surface area contributed by atoms with Crippen molar-refractivity contribution in [3.05, 3.63) is 24.3 Å². The van der Waals surface area contributed by atoms with E-state index in [0.29, 0.717) is 6.42 Å². The average molecular weight is 913 g/mol. The smallest absolute Gasteiger partial charge is 0.393 e. The number of amides is 1. The van der Waals surface area contributed by atoms with E-state index in [2.05, 4.69) is 31.3 Å². The monoisotopic (exact) mass is 913 g/mol. The molecule has 0 bridgehead atoms. The summed E-state index contributed by atoms with van der Waals surface area (Å²) in [7, 11) is -4.41. The quantitative estimate of drug-likeness (QED) is 0.0230. The lowest BCUT2D eigenvalue weighted by Crippen LogP contribution is -2.46. The third-order valence-electron chi connectivity index (χ3n) is 12.3. The number of carbonyl (C=O) groups is 1. The molecule has 10 heteroatoms. The predicted octanol–water partition coefficient (Wildman–Crippen LogP) is 15.0. The van der Waals surface area contributed by atoms with Crippen LogP contribution in [0, 0.1) is 0 Å². The summed E-state index contributed by atoms with van der Waals surface area (Å²) in [6.45, 7) is 4.01. The van der Waals surface area contributed by atoms with Crippen molar-refractivity contribution in [3.8, 4) is 0 Å². The Labute approximate surface area is 390 Å². The first-order valence-corrected chi connectivity index (χ1v) is 28.5. The number of hydrogen-bond donors (Lipinski definition) is 5. The normalized spacial score (nSPS) is 14.4. The minimum absolute atomic E-state index is 0.0493. The Hall–Kier alpha value is -1.06. The zero-order valence-electron chi connectivity index (χ0n) is 41.4. The summed E-state index contributed by atoms with van der Waals surface area (Å²) >= 11 is 0. The molecule has 0 spiro atoms. The molecule has 0 aromatic carbocycles. The van der Waals surface area contributed by atoms with E-state index < -0.39 is 38.6 Å². The number of hydrogen-bond acceptors (Lipinski definition) is 7. The predicted molar refractivity (Wildman–Crippen MR) is 269 cm³/mol. The largest absolute Gasteiger partial charge is 0.472 e. The van der Waals surface area contributed by atoms with Crippen molar-refractivity contribution in [3.63, 3.8) is 0 Å². The summed E-state index contributed by atoms with van der Waals surface area (Å²) < 4.78 is 22.2. The van der Waals surface area contributed by atoms with Crippen LogP contribution in [0.1, 0.15) is 271 Å². The van der Waals surface area contributed by atoms with Gasteiger partial charge in [0.2, 0.25) is 5.91 Å². The molecule has 0 saturated carbocycles. The van der Waals surface area contributed by atoms with Crippen LogP contribution in [0.15, 0.2) is 24.3 Å². The molecule has 0 aliphatic heterocycles. The third-order valence-corrected chi connectivity index (χ3v) is 13.3. The fraction of sp³-hybridized carbons (Fsp3) is 0.906. The van der Waals surface area contributed by atoms with E-state index in [1.165, 1.54) is 193 Å². The van der Waals surface area contributed by atoms with Crippen LogP contribution in [0.5, 0.6) is 0 Å². The number of aliphatic hydroxyl groups excluding tert-OH is 2. The van der Waals surface area contributed by atoms with E-state index in [-0.39, 0.29) is 19.6 Å². The summed E-state index contributed by atoms with van der Waals surface area (Å²) in [5.41, 5.74) is 5.39. The molecular weight excluding hydrogens is 808 g/mol. The highest BCUT2D eigenvalue weighted by atomic mass is 31.2. The molecule has 9 nitrogen and oxygen atoms in total. The van der Waals surface area contributed by atoms with Gasteiger partial charge in [-0.3, -0.25) is 13.8 Å². The molecule has 6 N–H and O–H groups in total. The highest BCUT2D eigenvalue weighted by molar-refractivity contribution is 7.47. The van der Waals surface area contributed by atoms with E-state index in [1.807, 2.05) is 6.08 Å². The number of aliphatic hydroxyl groups is 2. The molecule has 0 saturated heterocycles. The van der Waals surface area contributed by atoms with Gasteiger partial charge in [0.15, 0.2) is 0 Å². The molecule has 0 rings (SSSR count). The van der Waals surface area contributed by atoms with Crippen LogP contribution in [0.25, 0.3) is 0 Å². The SMILES string of the molecule is CCCCCCCCCCCCC/C=C\CCCCCCCC(O)CC(=O)NC(COP(=O)(O)OCCN)C(O)/C=C/CCCCCCCCCCCCCCCCCCCCC. The Morgan fingerprint density at radius 2 is 0.889 bits per heavy atom. The minimum Gasteiger partial charge on any atom is -0.393 e. The molecular formula is C53H105N2O7P. The van der Waals surface area contributed by atoms with Crippen molar-refractivity contribution >= 4 is 13.7 Å². The topological polar surface area (TPSA) is 151 Å². The van der Waals surface area contributed by atoms with Crippen LogP contribution in [0.2, 0.25) is 0 Å². The second-order valence-corrected chi connectivity index (χ2v) is 20.1. The molecule has 0 fully saturated rings. The Kier molecular flexibility index (Phi) is 48.0. The maximum atomic E-state index is 12.9. The molecule has 0 aliphatic rings. The number of allylic oxidation sites excluding steroid dienone is 3. The van der Waals surface area contributed by atoms with Crippen LogP contribution in [0.4, 0.5) is 0 Å². The summed E-state index contributed by atoms with van der Waals surface area (Å²) in [5, 5.41) is 24.2. The molecule has 0 radical (unpaired) electrons. The molecule has 1 amide bonds. The number of phosphoric acid groups is 1. The van der Waals surface area contributed by atoms with Crippen LogP contribution in [0.3, 0.4) is 0 Å². The number of phosphoric ester groups is 1. The number of nitrogens with two attached hydrogens (primary N) is 1. The second kappa shape index (κ2) is 48.9. The minimum atomic E-state index is -4.41. The average Bonchev–Trinajstić information content (AvgIpc) is 3.26. The lowest BCUT2D eigenvalue weighted by Gasteiger charge is -2.24. The van der Waals surface area contributed by atoms with Gasteiger partial charge in [-0.15, -0.1) is 0 Å². The van der Waals surface area contributed by atoms with Crippen molar-refractivity contribution < 1.29 is 33.5 Å². The van der Waals surface area contributed by atoms with Crippen LogP contribution in [-0.4, -0.2) is 59.0 Å². The van der Waals surface area contributed by atoms with E-state index in [1.54, 1.807) is 6.08 Å². The van der Waals surface area contributed by atoms with Crippen molar-refractivity contribution in [1.29, 1.82) is 0 Å². The first-order valence-electron chi connectivity index (χ1n) is 27.0. The van der Waals surface area contributed by atoms with Crippen molar-refractivity contribution in [2.45, 2.75) is 289 Å². The van der Waals surface area contributed by atoms with E-state index >= 15 is 0 Å². The third kappa shape index (κ3) is 47.2. The molecule has 4 atom stereocenters. The summed E-state index contributed by atoms with van der Waals surface area (Å²) in [6, 6.07) is -0.984. The van der Waals surface area contributed by atoms with Crippen molar-refractivity contribution in [1.82, 2.24) is 5.32 Å². The van der Waals surface area contributed by atoms with Gasteiger partial charge in [0.05, 0.1) is 37.9 Å². The molecule has 63 heavy (non-hydrogen) atoms. The Balaban J connectivity index is 4.16. The maximum Gasteiger partial charge on any atom is 0.472 e. The van der Waals surface area contributed by atoms with Gasteiger partial charge in [-0.05, 0) is 44.9 Å². The summed E-state index contributed by atoms with van der Waals surface area (Å²) in [6.07, 6.45) is 55.6. The fourth-order valence-corrected chi connectivity index (χ4v) is 8.99. The summed E-state index contributed by atoms with van der Waals surface area (Å²) in [5.74, 6) is -0.446. The van der Waals surface area contributed by atoms with Gasteiger partial charge in [-0.1, -0.05) is 244 Å². The molecule has 4 unspecified atom stereocenters. The highest BCUT2D eigenvalue weighted by Crippen LogP contribution is 2.43. The van der Waals surface area contributed by atoms with Crippen molar-refractivity contribution in [2.75, 3.05) is 19.8 Å². The van der Waals surface area contributed by atoms with Gasteiger partial charge in [0.1, 0.15) is 0 Å². The Morgan fingerprint density at radius 1 is 0.540 bits per heavy atom. The van der Waals surface area contributed by atoms with E-state index in [4.69, 9.17) is 14.8 Å². The number of rotatable bonds is 51. The maximum absolute atomic E-state index is 12.9. The molecule has 0 aromatic heterocycles. The van der Waals surface area contributed by atoms with Crippen LogP contribution < -0.4 is 11.1 Å². The Morgan fingerprint density at radius 3 is 1.27 bits per heavy atom. The van der Waals surface area contributed by atoms with Gasteiger partial charge in [0, 0.05) is 6.54 Å². The fourth-order valence-electron chi connectivity index (χ4n) is 8.23. The van der Waals surface area contributed by atoms with Gasteiger partial charge >= 0.3 is 7.82 Å². The van der Waals surface area contributed by atoms with Crippen molar-refractivity contribution in [2.24, 2.45) is 5.73 Å². The standard InChI is InChI=1S/C53H105N2O7P/c1-3-5-7-9-11-13-15-17-19-21-23-25-27-29-31-33-35-37-39-41-43-45-52(57)51(49-62-63(59,60)61-47-46-54)55-53(58)48-50(56)44-42-40-38-36-34-32-30-28-26-24-22-20-18-16-14-12-10-8-6-4-2/h28,30,43,45,50-52,56-57H,3-27,29,31-42,44,46-49,54H2,1-2H3,(H,55,58)(H,59,60)/b30-28-,45-43+. The lowest BCUT2D eigenvalue weighted by molar-refractivity contribution is -0.124. The number of nitrogens with one attached hydrogen (secondary N) is 1. The molecule has 0 heterocycles. The molecule has 0 aliphatic carbocycles. The summed E-state index contributed by atoms with van der Waals surface area (Å²) in [4.78, 5) is 22.9. The second-order valence-electron chi connectivity index (χ2n) is 18.6. The van der Waals surface area contributed by atoms with Gasteiger partial charge in [-0.25, -0.2) is 4.57 Å². The number of unbranched alkanes of at least 4 members (excludes halogenated alkanes) is 35. The molecule has 374 valence electrons. The number of carbonyl (C=O) groups excluding carboxylic acids is 1. The lowest BCUT2D eigenvalue weighted by atomic mass is 10.0. The highest BCUT2D eigenvalue weighted by Gasteiger charge is 2.27. The Bertz CT molecular complexity index is 1060. The molecule has 0 aromatic rings. The first-order chi connectivity index (χ1) is 30.8. The van der Waals surface area contributed by atoms with Crippen LogP contribution in [-0.2, 0) is 18.4 Å². The van der Waals surface area contributed by atoms with Gasteiger partial charge in [-0.2, -0.15) is 0 Å². The van der Waals surface area contributed by atoms with E-state index in [0.717, 1.165) is 51.4 Å². The zero-order chi connectivity index (χ0) is 46.2. The van der Waals surface area contributed by atoms with Gasteiger partial charge < -0.3 is 26.2 Å². The van der Waals surface area contributed by atoms with Gasteiger partial charge in [0.25, 0.3) is 0 Å². The zero-order valence-corrected chi connectivity index (χ0v) is 42.3. The first kappa shape index (κ1) is 61.9. The van der Waals surface area contributed by atoms with Crippen LogP contribution >= 0.6 is 7.82 Å².